The molecule has 0 N–H and O–H groups in total. The molecule has 136 valence electrons. The number of benzene rings is 3. The van der Waals surface area contributed by atoms with E-state index in [0.717, 1.165) is 35.2 Å². The van der Waals surface area contributed by atoms with Crippen molar-refractivity contribution in [1.82, 2.24) is 5.01 Å². The lowest BCUT2D eigenvalue weighted by Gasteiger charge is -2.38. The van der Waals surface area contributed by atoms with Crippen LogP contribution in [0.15, 0.2) is 70.2 Å². The van der Waals surface area contributed by atoms with Crippen LogP contribution in [0.2, 0.25) is 0 Å². The summed E-state index contributed by atoms with van der Waals surface area (Å²) >= 11 is 3.61. The Morgan fingerprint density at radius 3 is 2.78 bits per heavy atom. The van der Waals surface area contributed by atoms with Crippen LogP contribution < -0.4 is 4.74 Å². The minimum atomic E-state index is 0.00614. The molecule has 2 aliphatic rings. The molecule has 0 fully saturated rings. The number of rotatable bonds is 3. The highest BCUT2D eigenvalue weighted by molar-refractivity contribution is 9.10. The second-order valence-electron chi connectivity index (χ2n) is 7.25. The Bertz CT molecular complexity index is 1050. The minimum absolute atomic E-state index is 0.00614. The molecule has 0 aromatic heterocycles. The average molecular weight is 421 g/mol. The van der Waals surface area contributed by atoms with Crippen molar-refractivity contribution in [2.45, 2.75) is 38.5 Å². The molecular formula is C23H21BrN2O. The monoisotopic (exact) mass is 420 g/mol. The molecule has 4 heteroatoms. The van der Waals surface area contributed by atoms with Crippen molar-refractivity contribution in [3.8, 4) is 5.75 Å². The number of nitrogens with zero attached hydrogens (tertiary/aromatic N) is 2. The summed E-state index contributed by atoms with van der Waals surface area (Å²) in [5.41, 5.74) is 3.56. The normalized spacial score (nSPS) is 20.8. The number of hydrogen-bond acceptors (Lipinski definition) is 3. The smallest absolute Gasteiger partial charge is 0.187 e. The molecule has 0 amide bonds. The predicted molar refractivity (Wildman–Crippen MR) is 113 cm³/mol. The van der Waals surface area contributed by atoms with Gasteiger partial charge in [-0.05, 0) is 40.6 Å². The lowest BCUT2D eigenvalue weighted by molar-refractivity contribution is -0.0223. The van der Waals surface area contributed by atoms with Gasteiger partial charge in [-0.1, -0.05) is 65.7 Å². The first-order valence-electron chi connectivity index (χ1n) is 9.54. The van der Waals surface area contributed by atoms with Crippen molar-refractivity contribution < 1.29 is 4.74 Å². The Labute approximate surface area is 167 Å². The summed E-state index contributed by atoms with van der Waals surface area (Å²) in [6.07, 6.45) is 2.96. The van der Waals surface area contributed by atoms with Crippen LogP contribution >= 0.6 is 15.9 Å². The molecule has 2 aliphatic heterocycles. The number of fused-ring (bicyclic) bond motifs is 4. The van der Waals surface area contributed by atoms with Gasteiger partial charge in [0.2, 0.25) is 0 Å². The van der Waals surface area contributed by atoms with Crippen molar-refractivity contribution in [3.05, 3.63) is 76.3 Å². The fourth-order valence-corrected chi connectivity index (χ4v) is 4.49. The standard InChI is InChI=1S/C23H21BrN2O/c1-2-5-23-26-21(19-13-18(24)10-11-22(19)27-23)14-20(25-26)17-9-8-15-6-3-4-7-16(15)12-17/h3-4,6-13,21,23H,2,5,14H2,1H3/t21-,23+/m1/s1. The van der Waals surface area contributed by atoms with Crippen LogP contribution in [0.1, 0.15) is 43.4 Å². The van der Waals surface area contributed by atoms with Crippen LogP contribution in [0.25, 0.3) is 10.8 Å². The molecule has 5 rings (SSSR count). The van der Waals surface area contributed by atoms with Gasteiger partial charge in [0, 0.05) is 22.9 Å². The molecule has 2 heterocycles. The Balaban J connectivity index is 1.55. The summed E-state index contributed by atoms with van der Waals surface area (Å²) in [6.45, 7) is 2.19. The number of hydrogen-bond donors (Lipinski definition) is 0. The van der Waals surface area contributed by atoms with Crippen molar-refractivity contribution in [3.63, 3.8) is 0 Å². The summed E-state index contributed by atoms with van der Waals surface area (Å²) in [5.74, 6) is 0.993. The summed E-state index contributed by atoms with van der Waals surface area (Å²) < 4.78 is 7.38. The van der Waals surface area contributed by atoms with Crippen molar-refractivity contribution in [2.24, 2.45) is 5.10 Å². The molecule has 3 nitrogen and oxygen atoms in total. The predicted octanol–water partition coefficient (Wildman–Crippen LogP) is 6.27. The molecule has 0 saturated heterocycles. The second kappa shape index (κ2) is 6.68. The molecule has 0 saturated carbocycles. The Morgan fingerprint density at radius 2 is 1.93 bits per heavy atom. The van der Waals surface area contributed by atoms with Gasteiger partial charge in [0.15, 0.2) is 6.23 Å². The third kappa shape index (κ3) is 2.92. The third-order valence-corrected chi connectivity index (χ3v) is 5.94. The molecule has 3 aromatic carbocycles. The summed E-state index contributed by atoms with van der Waals surface area (Å²) in [6, 6.07) is 21.7. The van der Waals surface area contributed by atoms with Crippen LogP contribution in [0.4, 0.5) is 0 Å². The quantitative estimate of drug-likeness (QED) is 0.498. The van der Waals surface area contributed by atoms with Crippen LogP contribution in [0, 0.1) is 0 Å². The van der Waals surface area contributed by atoms with E-state index in [2.05, 4.69) is 88.5 Å². The highest BCUT2D eigenvalue weighted by Gasteiger charge is 2.39. The van der Waals surface area contributed by atoms with E-state index in [1.54, 1.807) is 0 Å². The van der Waals surface area contributed by atoms with E-state index < -0.39 is 0 Å². The highest BCUT2D eigenvalue weighted by atomic mass is 79.9. The van der Waals surface area contributed by atoms with Gasteiger partial charge in [-0.2, -0.15) is 5.10 Å². The van der Waals surface area contributed by atoms with E-state index in [0.29, 0.717) is 0 Å². The molecule has 3 aromatic rings. The summed E-state index contributed by atoms with van der Waals surface area (Å²) in [7, 11) is 0. The maximum Gasteiger partial charge on any atom is 0.187 e. The van der Waals surface area contributed by atoms with Gasteiger partial charge in [-0.25, -0.2) is 0 Å². The topological polar surface area (TPSA) is 24.8 Å². The van der Waals surface area contributed by atoms with E-state index in [1.165, 1.54) is 21.9 Å². The van der Waals surface area contributed by atoms with Gasteiger partial charge < -0.3 is 4.74 Å². The number of halogens is 1. The fourth-order valence-electron chi connectivity index (χ4n) is 4.11. The molecule has 0 spiro atoms. The van der Waals surface area contributed by atoms with Crippen molar-refractivity contribution in [1.29, 1.82) is 0 Å². The second-order valence-corrected chi connectivity index (χ2v) is 8.17. The lowest BCUT2D eigenvalue weighted by atomic mass is 9.95. The Hall–Kier alpha value is -2.33. The van der Waals surface area contributed by atoms with E-state index in [-0.39, 0.29) is 12.3 Å². The summed E-state index contributed by atoms with van der Waals surface area (Å²) in [5, 5.41) is 9.73. The van der Waals surface area contributed by atoms with E-state index in [1.807, 2.05) is 0 Å². The van der Waals surface area contributed by atoms with E-state index in [4.69, 9.17) is 9.84 Å². The maximum absolute atomic E-state index is 6.29. The van der Waals surface area contributed by atoms with Crippen LogP contribution in [-0.4, -0.2) is 16.9 Å². The average Bonchev–Trinajstić information content (AvgIpc) is 3.14. The zero-order chi connectivity index (χ0) is 18.4. The van der Waals surface area contributed by atoms with Gasteiger partial charge in [0.05, 0.1) is 11.8 Å². The zero-order valence-electron chi connectivity index (χ0n) is 15.2. The molecule has 0 aliphatic carbocycles. The molecule has 27 heavy (non-hydrogen) atoms. The zero-order valence-corrected chi connectivity index (χ0v) is 16.8. The van der Waals surface area contributed by atoms with Gasteiger partial charge in [-0.15, -0.1) is 0 Å². The van der Waals surface area contributed by atoms with Crippen LogP contribution in [0.3, 0.4) is 0 Å². The van der Waals surface area contributed by atoms with Gasteiger partial charge in [0.1, 0.15) is 5.75 Å². The van der Waals surface area contributed by atoms with Gasteiger partial charge in [0.25, 0.3) is 0 Å². The molecule has 0 unspecified atom stereocenters. The van der Waals surface area contributed by atoms with Crippen LogP contribution in [0.5, 0.6) is 5.75 Å². The van der Waals surface area contributed by atoms with Crippen molar-refractivity contribution in [2.75, 3.05) is 0 Å². The fraction of sp³-hybridized carbons (Fsp3) is 0.261. The molecule has 0 bridgehead atoms. The highest BCUT2D eigenvalue weighted by Crippen LogP contribution is 2.44. The summed E-state index contributed by atoms with van der Waals surface area (Å²) in [4.78, 5) is 0. The third-order valence-electron chi connectivity index (χ3n) is 5.45. The Morgan fingerprint density at radius 1 is 1.07 bits per heavy atom. The first kappa shape index (κ1) is 16.8. The molecule has 2 atom stereocenters. The van der Waals surface area contributed by atoms with E-state index in [9.17, 15) is 0 Å². The first-order chi connectivity index (χ1) is 13.2. The number of hydrazone groups is 1. The van der Waals surface area contributed by atoms with Crippen molar-refractivity contribution >= 4 is 32.4 Å². The largest absolute Gasteiger partial charge is 0.469 e. The van der Waals surface area contributed by atoms with Gasteiger partial charge in [-0.3, -0.25) is 5.01 Å². The molecular weight excluding hydrogens is 400 g/mol. The van der Waals surface area contributed by atoms with Crippen LogP contribution in [-0.2, 0) is 0 Å². The SMILES string of the molecule is CCC[C@@H]1Oc2ccc(Br)cc2[C@H]2CC(c3ccc4ccccc4c3)=NN12. The Kier molecular flexibility index (Phi) is 4.16. The lowest BCUT2D eigenvalue weighted by Crippen LogP contribution is -2.40. The van der Waals surface area contributed by atoms with Gasteiger partial charge >= 0.3 is 0 Å². The molecule has 0 radical (unpaired) electrons. The minimum Gasteiger partial charge on any atom is -0.469 e. The number of ether oxygens (including phenoxy) is 1. The first-order valence-corrected chi connectivity index (χ1v) is 10.3. The van der Waals surface area contributed by atoms with E-state index >= 15 is 0 Å². The maximum atomic E-state index is 6.29.